The minimum absolute atomic E-state index is 0.0509. The van der Waals surface area contributed by atoms with Gasteiger partial charge in [-0.05, 0) is 64.3 Å². The zero-order chi connectivity index (χ0) is 31.5. The Kier molecular flexibility index (Phi) is 6.40. The molecule has 3 aliphatic carbocycles. The number of hydrogen-bond donors (Lipinski definition) is 3. The highest BCUT2D eigenvalue weighted by Crippen LogP contribution is 2.75. The standard InChI is InChI=1S/C32H40O11/c1-16-19(34)14-30-22(16)32(38,26(37)42-27(30,3)4)29(7)20(35)13-21-31(15-39-17(2)33,43-28(5,6)41-21)23(29)24(30)40-25(36)18-11-9-8-10-12-18/h8-12,19-21,23-24,34-35,38H,13-15H2,1-7H3/t19-,20-,21-,23-,24-,29+,30+,31-,32-/m0/s1. The largest absolute Gasteiger partial charge is 0.463 e. The van der Waals surface area contributed by atoms with Gasteiger partial charge in [-0.3, -0.25) is 4.79 Å². The molecule has 0 unspecified atom stereocenters. The lowest BCUT2D eigenvalue weighted by molar-refractivity contribution is -0.331. The van der Waals surface area contributed by atoms with E-state index in [4.69, 9.17) is 23.7 Å². The van der Waals surface area contributed by atoms with Gasteiger partial charge < -0.3 is 39.0 Å². The van der Waals surface area contributed by atoms with Crippen LogP contribution in [-0.4, -0.2) is 86.8 Å². The van der Waals surface area contributed by atoms with Crippen LogP contribution in [0.1, 0.15) is 71.7 Å². The normalized spacial score (nSPS) is 43.7. The first-order valence-corrected chi connectivity index (χ1v) is 14.7. The number of carbonyl (C=O) groups excluding carboxylic acids is 3. The summed E-state index contributed by atoms with van der Waals surface area (Å²) < 4.78 is 31.1. The van der Waals surface area contributed by atoms with E-state index in [0.29, 0.717) is 5.57 Å². The van der Waals surface area contributed by atoms with Crippen LogP contribution in [0.15, 0.2) is 41.5 Å². The molecule has 3 N–H and O–H groups in total. The molecule has 43 heavy (non-hydrogen) atoms. The summed E-state index contributed by atoms with van der Waals surface area (Å²) in [6.07, 6.45) is -4.82. The molecule has 11 heteroatoms. The Bertz CT molecular complexity index is 1420. The zero-order valence-electron chi connectivity index (χ0n) is 25.5. The molecule has 5 aliphatic rings. The van der Waals surface area contributed by atoms with Crippen LogP contribution in [0.4, 0.5) is 0 Å². The summed E-state index contributed by atoms with van der Waals surface area (Å²) in [5.74, 6) is -4.73. The quantitative estimate of drug-likeness (QED) is 0.264. The molecule has 6 rings (SSSR count). The highest BCUT2D eigenvalue weighted by molar-refractivity contribution is 5.91. The number of esters is 3. The lowest BCUT2D eigenvalue weighted by Gasteiger charge is -2.71. The second kappa shape index (κ2) is 9.10. The number of cyclic esters (lactones) is 1. The van der Waals surface area contributed by atoms with Gasteiger partial charge in [0, 0.05) is 24.7 Å². The summed E-state index contributed by atoms with van der Waals surface area (Å²) in [6, 6.07) is 8.34. The number of aliphatic hydroxyl groups is 3. The fourth-order valence-corrected chi connectivity index (χ4v) is 9.16. The van der Waals surface area contributed by atoms with E-state index in [1.807, 2.05) is 0 Å². The Labute approximate surface area is 250 Å². The van der Waals surface area contributed by atoms with Crippen LogP contribution >= 0.6 is 0 Å². The van der Waals surface area contributed by atoms with Crippen LogP contribution in [0.5, 0.6) is 0 Å². The number of benzene rings is 1. The zero-order valence-corrected chi connectivity index (χ0v) is 25.5. The molecule has 2 heterocycles. The molecule has 2 saturated heterocycles. The monoisotopic (exact) mass is 600 g/mol. The molecule has 9 atom stereocenters. The predicted molar refractivity (Wildman–Crippen MR) is 148 cm³/mol. The van der Waals surface area contributed by atoms with Crippen molar-refractivity contribution in [1.29, 1.82) is 0 Å². The van der Waals surface area contributed by atoms with Crippen molar-refractivity contribution in [2.24, 2.45) is 16.7 Å². The van der Waals surface area contributed by atoms with Crippen LogP contribution in [0.3, 0.4) is 0 Å². The van der Waals surface area contributed by atoms with E-state index in [0.717, 1.165) is 0 Å². The van der Waals surface area contributed by atoms with Crippen molar-refractivity contribution in [3.05, 3.63) is 47.0 Å². The minimum atomic E-state index is -2.46. The molecule has 4 fully saturated rings. The molecule has 2 bridgehead atoms. The molecule has 234 valence electrons. The average Bonchev–Trinajstić information content (AvgIpc) is 3.35. The first-order chi connectivity index (χ1) is 19.9. The Morgan fingerprint density at radius 3 is 2.35 bits per heavy atom. The van der Waals surface area contributed by atoms with E-state index < -0.39 is 81.7 Å². The van der Waals surface area contributed by atoms with Gasteiger partial charge >= 0.3 is 17.9 Å². The molecular weight excluding hydrogens is 560 g/mol. The molecule has 0 amide bonds. The van der Waals surface area contributed by atoms with Crippen LogP contribution in [-0.2, 0) is 33.3 Å². The van der Waals surface area contributed by atoms with Crippen molar-refractivity contribution in [2.45, 2.75) is 108 Å². The lowest BCUT2D eigenvalue weighted by atomic mass is 9.38. The number of fused-ring (bicyclic) bond motifs is 4. The van der Waals surface area contributed by atoms with E-state index >= 15 is 0 Å². The van der Waals surface area contributed by atoms with Gasteiger partial charge in [0.15, 0.2) is 11.4 Å². The minimum Gasteiger partial charge on any atom is -0.463 e. The molecule has 1 aromatic carbocycles. The second-order valence-corrected chi connectivity index (χ2v) is 13.9. The molecule has 0 spiro atoms. The summed E-state index contributed by atoms with van der Waals surface area (Å²) >= 11 is 0. The Hall–Kier alpha value is -2.83. The van der Waals surface area contributed by atoms with Gasteiger partial charge in [0.25, 0.3) is 0 Å². The van der Waals surface area contributed by atoms with E-state index in [-0.39, 0.29) is 30.6 Å². The van der Waals surface area contributed by atoms with E-state index in [9.17, 15) is 29.7 Å². The first kappa shape index (κ1) is 30.2. The summed E-state index contributed by atoms with van der Waals surface area (Å²) in [4.78, 5) is 40.3. The molecule has 1 aromatic rings. The first-order valence-electron chi connectivity index (χ1n) is 14.7. The third kappa shape index (κ3) is 3.63. The molecule has 0 aromatic heterocycles. The van der Waals surface area contributed by atoms with Crippen molar-refractivity contribution >= 4 is 17.9 Å². The van der Waals surface area contributed by atoms with Crippen molar-refractivity contribution in [3.63, 3.8) is 0 Å². The number of hydrogen-bond acceptors (Lipinski definition) is 11. The van der Waals surface area contributed by atoms with Crippen molar-refractivity contribution < 1.29 is 53.4 Å². The third-order valence-electron chi connectivity index (χ3n) is 11.0. The van der Waals surface area contributed by atoms with Crippen molar-refractivity contribution in [3.8, 4) is 0 Å². The van der Waals surface area contributed by atoms with Crippen LogP contribution in [0.2, 0.25) is 0 Å². The second-order valence-electron chi connectivity index (χ2n) is 13.9. The highest BCUT2D eigenvalue weighted by Gasteiger charge is 2.87. The number of aliphatic hydroxyl groups excluding tert-OH is 2. The number of ether oxygens (including phenoxy) is 5. The van der Waals surface area contributed by atoms with E-state index in [2.05, 4.69) is 0 Å². The maximum absolute atomic E-state index is 14.1. The number of rotatable bonds is 4. The van der Waals surface area contributed by atoms with Crippen molar-refractivity contribution in [1.82, 2.24) is 0 Å². The Morgan fingerprint density at radius 1 is 1.07 bits per heavy atom. The SMILES string of the molecule is CC(=O)OC[C@]12OC(C)(C)O[C@H]1C[C@H](O)[C@]1(C)[C@@H]2[C@H](OC(=O)c2ccccc2)[C@@]23C[C@H](O)C(C)=C2[C@]1(O)C(=O)OC3(C)C. The topological polar surface area (TPSA) is 158 Å². The maximum Gasteiger partial charge on any atom is 0.343 e. The molecule has 11 nitrogen and oxygen atoms in total. The summed E-state index contributed by atoms with van der Waals surface area (Å²) in [7, 11) is 0. The summed E-state index contributed by atoms with van der Waals surface area (Å²) in [5, 5.41) is 36.2. The van der Waals surface area contributed by atoms with Crippen LogP contribution < -0.4 is 0 Å². The number of carbonyl (C=O) groups is 3. The van der Waals surface area contributed by atoms with Gasteiger partial charge in [-0.2, -0.15) is 0 Å². The molecular formula is C32H40O11. The van der Waals surface area contributed by atoms with E-state index in [1.54, 1.807) is 71.9 Å². The lowest BCUT2D eigenvalue weighted by Crippen LogP contribution is -2.85. The van der Waals surface area contributed by atoms with Crippen molar-refractivity contribution in [2.75, 3.05) is 6.61 Å². The van der Waals surface area contributed by atoms with Gasteiger partial charge in [0.2, 0.25) is 0 Å². The average molecular weight is 601 g/mol. The predicted octanol–water partition coefficient (Wildman–Crippen LogP) is 2.20. The fraction of sp³-hybridized carbons (Fsp3) is 0.656. The van der Waals surface area contributed by atoms with Gasteiger partial charge in [-0.1, -0.05) is 25.1 Å². The fourth-order valence-electron chi connectivity index (χ4n) is 9.16. The summed E-state index contributed by atoms with van der Waals surface area (Å²) in [6.45, 7) is 10.7. The summed E-state index contributed by atoms with van der Waals surface area (Å²) in [5.41, 5.74) is -7.99. The van der Waals surface area contributed by atoms with Gasteiger partial charge in [-0.25, -0.2) is 9.59 Å². The van der Waals surface area contributed by atoms with Gasteiger partial charge in [0.1, 0.15) is 23.9 Å². The van der Waals surface area contributed by atoms with Crippen LogP contribution in [0, 0.1) is 16.7 Å². The van der Waals surface area contributed by atoms with Gasteiger partial charge in [0.05, 0.1) is 29.3 Å². The Balaban J connectivity index is 1.69. The molecule has 2 saturated carbocycles. The maximum atomic E-state index is 14.1. The van der Waals surface area contributed by atoms with Gasteiger partial charge in [-0.15, -0.1) is 0 Å². The van der Waals surface area contributed by atoms with Crippen LogP contribution in [0.25, 0.3) is 0 Å². The third-order valence-corrected chi connectivity index (χ3v) is 11.0. The molecule has 2 aliphatic heterocycles. The Morgan fingerprint density at radius 2 is 1.72 bits per heavy atom. The highest BCUT2D eigenvalue weighted by atomic mass is 16.8. The van der Waals surface area contributed by atoms with E-state index in [1.165, 1.54) is 6.92 Å². The smallest absolute Gasteiger partial charge is 0.343 e. The molecule has 0 radical (unpaired) electrons.